The van der Waals surface area contributed by atoms with Crippen LogP contribution in [0.15, 0.2) is 106 Å². The minimum Gasteiger partial charge on any atom is -0.506 e. The van der Waals surface area contributed by atoms with Crippen molar-refractivity contribution in [2.75, 3.05) is 23.9 Å². The Labute approximate surface area is 372 Å². The fourth-order valence-electron chi connectivity index (χ4n) is 7.60. The molecule has 0 aliphatic rings. The molecule has 0 aliphatic heterocycles. The lowest BCUT2D eigenvalue weighted by Crippen LogP contribution is -2.34. The second-order valence-electron chi connectivity index (χ2n) is 15.6. The Morgan fingerprint density at radius 1 is 0.746 bits per heavy atom. The number of esters is 1. The van der Waals surface area contributed by atoms with E-state index >= 15 is 0 Å². The van der Waals surface area contributed by atoms with Crippen LogP contribution in [0.4, 0.5) is 16.2 Å². The molecule has 6 rings (SSSR count). The van der Waals surface area contributed by atoms with Crippen molar-refractivity contribution in [3.05, 3.63) is 130 Å². The number of nitrogens with zero attached hydrogens (tertiary/aromatic N) is 1. The highest BCUT2D eigenvalue weighted by Crippen LogP contribution is 2.37. The molecular weight excluding hydrogens is 817 g/mol. The Hall–Kier alpha value is -6.27. The van der Waals surface area contributed by atoms with Crippen LogP contribution in [-0.2, 0) is 16.3 Å². The summed E-state index contributed by atoms with van der Waals surface area (Å²) >= 11 is 1.56. The summed E-state index contributed by atoms with van der Waals surface area (Å²) in [6.45, 7) is 5.82. The van der Waals surface area contributed by atoms with Crippen molar-refractivity contribution in [2.45, 2.75) is 96.5 Å². The molecular formula is C51H56N2O9S. The Morgan fingerprint density at radius 3 is 2.14 bits per heavy atom. The van der Waals surface area contributed by atoms with Crippen molar-refractivity contribution in [2.24, 2.45) is 0 Å². The van der Waals surface area contributed by atoms with Gasteiger partial charge in [0.25, 0.3) is 5.91 Å². The molecule has 330 valence electrons. The third-order valence-corrected chi connectivity index (χ3v) is 12.1. The molecule has 2 amide bonds. The lowest BCUT2D eigenvalue weighted by molar-refractivity contribution is -0.131. The normalized spacial score (nSPS) is 11.1. The summed E-state index contributed by atoms with van der Waals surface area (Å²) in [4.78, 5) is 53.4. The summed E-state index contributed by atoms with van der Waals surface area (Å²) in [5.74, 6) is 1.04. The molecule has 0 saturated heterocycles. The molecule has 0 bridgehead atoms. The van der Waals surface area contributed by atoms with Crippen LogP contribution in [0, 0.1) is 6.92 Å². The molecule has 11 nitrogen and oxygen atoms in total. The average Bonchev–Trinajstić information content (AvgIpc) is 3.27. The fourth-order valence-corrected chi connectivity index (χ4v) is 8.67. The minimum absolute atomic E-state index is 0.0830. The highest BCUT2D eigenvalue weighted by atomic mass is 32.2. The number of para-hydroxylation sites is 2. The minimum atomic E-state index is -0.559. The number of carbonyl (C=O) groups is 3. The Kier molecular flexibility index (Phi) is 16.7. The maximum Gasteiger partial charge on any atom is 0.419 e. The van der Waals surface area contributed by atoms with E-state index in [-0.39, 0.29) is 11.3 Å². The number of aromatic hydroxyl groups is 1. The number of fused-ring (bicyclic) bond motifs is 2. The molecule has 0 aliphatic carbocycles. The zero-order chi connectivity index (χ0) is 44.7. The van der Waals surface area contributed by atoms with Crippen molar-refractivity contribution >= 4 is 62.8 Å². The molecule has 0 fully saturated rings. The fraction of sp³-hybridized carbons (Fsp3) is 0.333. The molecule has 0 atom stereocenters. The molecule has 6 aromatic rings. The third kappa shape index (κ3) is 12.2. The van der Waals surface area contributed by atoms with Gasteiger partial charge in [0, 0.05) is 47.2 Å². The van der Waals surface area contributed by atoms with Crippen molar-refractivity contribution < 1.29 is 38.1 Å². The number of nitrogens with one attached hydrogen (secondary N) is 1. The van der Waals surface area contributed by atoms with Crippen LogP contribution in [0.1, 0.15) is 105 Å². The Bertz CT molecular complexity index is 2590. The van der Waals surface area contributed by atoms with Crippen LogP contribution in [-0.4, -0.2) is 36.7 Å². The number of hydrogen-bond acceptors (Lipinski definition) is 10. The third-order valence-electron chi connectivity index (χ3n) is 11.0. The molecule has 1 heterocycles. The van der Waals surface area contributed by atoms with E-state index < -0.39 is 23.6 Å². The highest BCUT2D eigenvalue weighted by molar-refractivity contribution is 7.97. The number of amides is 2. The number of methoxy groups -OCH3 is 1. The number of ether oxygens (including phenoxy) is 3. The molecule has 2 N–H and O–H groups in total. The van der Waals surface area contributed by atoms with Gasteiger partial charge in [-0.2, -0.15) is 11.8 Å². The number of unbranched alkanes of at least 4 members (excludes halogenated alkanes) is 9. The molecule has 1 aromatic heterocycles. The van der Waals surface area contributed by atoms with E-state index in [0.29, 0.717) is 68.6 Å². The van der Waals surface area contributed by atoms with Gasteiger partial charge in [-0.3, -0.25) is 14.5 Å². The van der Waals surface area contributed by atoms with Gasteiger partial charge in [-0.05, 0) is 73.0 Å². The van der Waals surface area contributed by atoms with Crippen molar-refractivity contribution in [1.82, 2.24) is 0 Å². The number of anilines is 2. The summed E-state index contributed by atoms with van der Waals surface area (Å²) in [6, 6.07) is 28.0. The van der Waals surface area contributed by atoms with Gasteiger partial charge in [0.15, 0.2) is 0 Å². The standard InChI is InChI=1S/C51H56N2O9S/c1-5-6-7-8-9-10-11-12-13-16-30-53(45-20-17-18-41-40(45)28-29-42(48(41)55)49(56)52-44-19-14-15-21-46(44)59-4)51(58)61-37-24-22-36(23-25-37)32-63-33-43-34(2)39-27-26-38(60-35(3)54)31-47(39)62-50(43)57/h14-15,17-29,31,55H,5-13,16,30,32-33H2,1-4H3,(H,52,56). The summed E-state index contributed by atoms with van der Waals surface area (Å²) in [5.41, 5.74) is 3.39. The van der Waals surface area contributed by atoms with E-state index in [1.807, 2.05) is 25.1 Å². The van der Waals surface area contributed by atoms with Gasteiger partial charge < -0.3 is 29.1 Å². The zero-order valence-electron chi connectivity index (χ0n) is 36.5. The molecule has 12 heteroatoms. The molecule has 0 radical (unpaired) electrons. The molecule has 0 spiro atoms. The van der Waals surface area contributed by atoms with E-state index in [0.717, 1.165) is 42.2 Å². The first kappa shape index (κ1) is 46.2. The van der Waals surface area contributed by atoms with E-state index in [1.54, 1.807) is 95.5 Å². The molecule has 0 saturated carbocycles. The number of benzene rings is 5. The smallest absolute Gasteiger partial charge is 0.419 e. The highest BCUT2D eigenvalue weighted by Gasteiger charge is 2.23. The van der Waals surface area contributed by atoms with Gasteiger partial charge in [-0.15, -0.1) is 0 Å². The van der Waals surface area contributed by atoms with Crippen molar-refractivity contribution in [3.63, 3.8) is 0 Å². The predicted molar refractivity (Wildman–Crippen MR) is 252 cm³/mol. The summed E-state index contributed by atoms with van der Waals surface area (Å²) in [7, 11) is 1.52. The van der Waals surface area contributed by atoms with Crippen LogP contribution in [0.25, 0.3) is 21.7 Å². The number of rotatable bonds is 21. The second-order valence-corrected chi connectivity index (χ2v) is 16.6. The first-order chi connectivity index (χ1) is 30.6. The predicted octanol–water partition coefficient (Wildman–Crippen LogP) is 12.5. The lowest BCUT2D eigenvalue weighted by atomic mass is 10.0. The number of carbonyl (C=O) groups excluding carboxylic acids is 3. The molecule has 0 unspecified atom stereocenters. The van der Waals surface area contributed by atoms with Crippen molar-refractivity contribution in [3.8, 4) is 23.0 Å². The number of aryl methyl sites for hydroxylation is 1. The summed E-state index contributed by atoms with van der Waals surface area (Å²) < 4.78 is 22.1. The van der Waals surface area contributed by atoms with E-state index in [1.165, 1.54) is 52.6 Å². The van der Waals surface area contributed by atoms with E-state index in [2.05, 4.69) is 12.2 Å². The maximum absolute atomic E-state index is 14.1. The zero-order valence-corrected chi connectivity index (χ0v) is 37.3. The van der Waals surface area contributed by atoms with Crippen LogP contribution in [0.3, 0.4) is 0 Å². The molecule has 5 aromatic carbocycles. The monoisotopic (exact) mass is 872 g/mol. The van der Waals surface area contributed by atoms with Crippen LogP contribution in [0.2, 0.25) is 0 Å². The van der Waals surface area contributed by atoms with Crippen LogP contribution in [0.5, 0.6) is 23.0 Å². The summed E-state index contributed by atoms with van der Waals surface area (Å²) in [5, 5.41) is 16.1. The maximum atomic E-state index is 14.1. The van der Waals surface area contributed by atoms with Gasteiger partial charge in [0.05, 0.1) is 29.6 Å². The van der Waals surface area contributed by atoms with E-state index in [9.17, 15) is 24.3 Å². The number of hydrogen-bond donors (Lipinski definition) is 2. The SMILES string of the molecule is CCCCCCCCCCCCN(C(=O)Oc1ccc(CSCc2c(C)c3ccc(OC(C)=O)cc3oc2=O)cc1)c1cccc2c(O)c(C(=O)Nc3ccccc3OC)ccc12. The van der Waals surface area contributed by atoms with Gasteiger partial charge in [0.1, 0.15) is 28.6 Å². The first-order valence-corrected chi connectivity index (χ1v) is 22.8. The summed E-state index contributed by atoms with van der Waals surface area (Å²) in [6.07, 6.45) is 10.9. The lowest BCUT2D eigenvalue weighted by Gasteiger charge is -2.24. The number of thioether (sulfide) groups is 1. The van der Waals surface area contributed by atoms with Crippen LogP contribution >= 0.6 is 11.8 Å². The first-order valence-electron chi connectivity index (χ1n) is 21.7. The quantitative estimate of drug-likeness (QED) is 0.0310. The second kappa shape index (κ2) is 22.7. The largest absolute Gasteiger partial charge is 0.506 e. The van der Waals surface area contributed by atoms with Crippen LogP contribution < -0.4 is 30.1 Å². The Morgan fingerprint density at radius 2 is 1.43 bits per heavy atom. The van der Waals surface area contributed by atoms with Gasteiger partial charge in [-0.25, -0.2) is 9.59 Å². The van der Waals surface area contributed by atoms with E-state index in [4.69, 9.17) is 18.6 Å². The van der Waals surface area contributed by atoms with Crippen molar-refractivity contribution in [1.29, 1.82) is 0 Å². The Balaban J connectivity index is 1.14. The molecule has 63 heavy (non-hydrogen) atoms. The van der Waals surface area contributed by atoms with Gasteiger partial charge >= 0.3 is 17.7 Å². The average molecular weight is 873 g/mol. The number of phenolic OH excluding ortho intramolecular Hbond substituents is 1. The van der Waals surface area contributed by atoms with Gasteiger partial charge in [-0.1, -0.05) is 107 Å². The van der Waals surface area contributed by atoms with Gasteiger partial charge in [0.2, 0.25) is 0 Å². The number of phenols is 1. The topological polar surface area (TPSA) is 145 Å².